The summed E-state index contributed by atoms with van der Waals surface area (Å²) in [6, 6.07) is 1.91. The van der Waals surface area contributed by atoms with Crippen LogP contribution in [0.15, 0.2) is 15.9 Å². The summed E-state index contributed by atoms with van der Waals surface area (Å²) < 4.78 is 1.01. The van der Waals surface area contributed by atoms with Crippen LogP contribution in [0.2, 0.25) is 0 Å². The highest BCUT2D eigenvalue weighted by atomic mass is 79.9. The van der Waals surface area contributed by atoms with Crippen molar-refractivity contribution in [3.05, 3.63) is 20.8 Å². The van der Waals surface area contributed by atoms with Crippen molar-refractivity contribution in [2.45, 2.75) is 33.1 Å². The van der Waals surface area contributed by atoms with Gasteiger partial charge in [-0.1, -0.05) is 26.7 Å². The molecule has 78 valence electrons. The number of rotatable bonds is 5. The Balaban J connectivity index is 2.50. The van der Waals surface area contributed by atoms with Crippen LogP contribution in [0.1, 0.15) is 42.8 Å². The van der Waals surface area contributed by atoms with E-state index in [0.717, 1.165) is 22.2 Å². The van der Waals surface area contributed by atoms with Crippen molar-refractivity contribution < 1.29 is 4.79 Å². The first kappa shape index (κ1) is 11.9. The fourth-order valence-corrected chi connectivity index (χ4v) is 2.85. The van der Waals surface area contributed by atoms with Crippen molar-refractivity contribution in [3.63, 3.8) is 0 Å². The number of Topliss-reactive ketones (excluding diaryl/α,β-unsaturated/α-hetero) is 1. The number of ketones is 1. The lowest BCUT2D eigenvalue weighted by Crippen LogP contribution is -2.04. The molecular formula is C11H15BrOS. The zero-order chi connectivity index (χ0) is 10.6. The van der Waals surface area contributed by atoms with Crippen molar-refractivity contribution >= 4 is 33.0 Å². The first-order chi connectivity index (χ1) is 6.63. The average molecular weight is 275 g/mol. The van der Waals surface area contributed by atoms with Gasteiger partial charge < -0.3 is 0 Å². The highest BCUT2D eigenvalue weighted by Gasteiger charge is 2.12. The number of thiophene rings is 1. The van der Waals surface area contributed by atoms with Crippen molar-refractivity contribution in [1.29, 1.82) is 0 Å². The number of hydrogen-bond acceptors (Lipinski definition) is 2. The van der Waals surface area contributed by atoms with Gasteiger partial charge in [-0.15, -0.1) is 11.3 Å². The molecule has 1 nitrogen and oxygen atoms in total. The molecule has 1 unspecified atom stereocenters. The van der Waals surface area contributed by atoms with Gasteiger partial charge in [-0.25, -0.2) is 0 Å². The molecule has 0 aromatic carbocycles. The van der Waals surface area contributed by atoms with Gasteiger partial charge in [0, 0.05) is 16.3 Å². The Morgan fingerprint density at radius 1 is 1.64 bits per heavy atom. The van der Waals surface area contributed by atoms with Crippen LogP contribution < -0.4 is 0 Å². The van der Waals surface area contributed by atoms with Gasteiger partial charge in [0.2, 0.25) is 0 Å². The monoisotopic (exact) mass is 274 g/mol. The molecule has 1 aromatic rings. The molecule has 1 rings (SSSR count). The van der Waals surface area contributed by atoms with Crippen LogP contribution in [0.4, 0.5) is 0 Å². The Morgan fingerprint density at radius 3 is 2.86 bits per heavy atom. The van der Waals surface area contributed by atoms with Gasteiger partial charge in [-0.2, -0.15) is 0 Å². The molecule has 14 heavy (non-hydrogen) atoms. The summed E-state index contributed by atoms with van der Waals surface area (Å²) >= 11 is 4.88. The molecule has 0 aliphatic heterocycles. The summed E-state index contributed by atoms with van der Waals surface area (Å²) in [6.45, 7) is 4.30. The van der Waals surface area contributed by atoms with E-state index in [2.05, 4.69) is 29.8 Å². The van der Waals surface area contributed by atoms with E-state index in [1.54, 1.807) is 0 Å². The molecule has 0 spiro atoms. The molecule has 0 aliphatic rings. The number of carbonyl (C=O) groups excluding carboxylic acids is 1. The van der Waals surface area contributed by atoms with Crippen molar-refractivity contribution in [1.82, 2.24) is 0 Å². The Bertz CT molecular complexity index is 306. The van der Waals surface area contributed by atoms with Gasteiger partial charge in [0.1, 0.15) is 0 Å². The number of halogens is 1. The van der Waals surface area contributed by atoms with Crippen LogP contribution in [0, 0.1) is 5.92 Å². The molecule has 1 aromatic heterocycles. The second-order valence-electron chi connectivity index (χ2n) is 3.65. The molecule has 0 saturated carbocycles. The van der Waals surface area contributed by atoms with E-state index in [1.165, 1.54) is 11.3 Å². The minimum atomic E-state index is 0.279. The predicted molar refractivity (Wildman–Crippen MR) is 65.0 cm³/mol. The fourth-order valence-electron chi connectivity index (χ4n) is 1.47. The third-order valence-electron chi connectivity index (χ3n) is 2.16. The second kappa shape index (κ2) is 5.66. The molecule has 1 heterocycles. The molecule has 1 atom stereocenters. The summed E-state index contributed by atoms with van der Waals surface area (Å²) in [4.78, 5) is 12.6. The molecule has 0 fully saturated rings. The van der Waals surface area contributed by atoms with E-state index >= 15 is 0 Å². The van der Waals surface area contributed by atoms with E-state index in [1.807, 2.05) is 11.4 Å². The highest BCUT2D eigenvalue weighted by Crippen LogP contribution is 2.23. The lowest BCUT2D eigenvalue weighted by atomic mass is 9.99. The first-order valence-electron chi connectivity index (χ1n) is 4.90. The first-order valence-corrected chi connectivity index (χ1v) is 6.58. The van der Waals surface area contributed by atoms with Crippen LogP contribution in [0.25, 0.3) is 0 Å². The Kier molecular flexibility index (Phi) is 4.82. The summed E-state index contributed by atoms with van der Waals surface area (Å²) in [7, 11) is 0. The molecule has 0 bridgehead atoms. The minimum absolute atomic E-state index is 0.279. The van der Waals surface area contributed by atoms with E-state index < -0.39 is 0 Å². The molecule has 3 heteroatoms. The second-order valence-corrected chi connectivity index (χ2v) is 5.48. The SMILES string of the molecule is CCCC(C)CC(=O)c1cc(Br)cs1. The summed E-state index contributed by atoms with van der Waals surface area (Å²) in [6.07, 6.45) is 2.97. The maximum absolute atomic E-state index is 11.7. The van der Waals surface area contributed by atoms with Crippen molar-refractivity contribution in [2.75, 3.05) is 0 Å². The third-order valence-corrected chi connectivity index (χ3v) is 3.89. The molecule has 0 radical (unpaired) electrons. The maximum Gasteiger partial charge on any atom is 0.173 e. The van der Waals surface area contributed by atoms with Crippen LogP contribution >= 0.6 is 27.3 Å². The van der Waals surface area contributed by atoms with Crippen LogP contribution in [-0.4, -0.2) is 5.78 Å². The summed E-state index contributed by atoms with van der Waals surface area (Å²) in [5.74, 6) is 0.787. The third kappa shape index (κ3) is 3.54. The maximum atomic E-state index is 11.7. The van der Waals surface area contributed by atoms with Crippen molar-refractivity contribution in [2.24, 2.45) is 5.92 Å². The van der Waals surface area contributed by atoms with E-state index in [0.29, 0.717) is 12.3 Å². The zero-order valence-corrected chi connectivity index (χ0v) is 11.0. The van der Waals surface area contributed by atoms with Crippen molar-refractivity contribution in [3.8, 4) is 0 Å². The zero-order valence-electron chi connectivity index (χ0n) is 8.55. The smallest absolute Gasteiger partial charge is 0.173 e. The lowest BCUT2D eigenvalue weighted by molar-refractivity contribution is 0.0966. The van der Waals surface area contributed by atoms with Gasteiger partial charge in [0.15, 0.2) is 5.78 Å². The lowest BCUT2D eigenvalue weighted by Gasteiger charge is -2.06. The van der Waals surface area contributed by atoms with Gasteiger partial charge in [-0.3, -0.25) is 4.79 Å². The number of carbonyl (C=O) groups is 1. The molecule has 0 N–H and O–H groups in total. The van der Waals surface area contributed by atoms with E-state index in [9.17, 15) is 4.79 Å². The summed E-state index contributed by atoms with van der Waals surface area (Å²) in [5, 5.41) is 1.96. The van der Waals surface area contributed by atoms with Crippen LogP contribution in [0.5, 0.6) is 0 Å². The Morgan fingerprint density at radius 2 is 2.36 bits per heavy atom. The van der Waals surface area contributed by atoms with Crippen LogP contribution in [-0.2, 0) is 0 Å². The topological polar surface area (TPSA) is 17.1 Å². The standard InChI is InChI=1S/C11H15BrOS/c1-3-4-8(2)5-10(13)11-6-9(12)7-14-11/h6-8H,3-5H2,1-2H3. The number of hydrogen-bond donors (Lipinski definition) is 0. The molecular weight excluding hydrogens is 260 g/mol. The quantitative estimate of drug-likeness (QED) is 0.722. The van der Waals surface area contributed by atoms with Crippen LogP contribution in [0.3, 0.4) is 0 Å². The molecule has 0 amide bonds. The predicted octanol–water partition coefficient (Wildman–Crippen LogP) is 4.52. The average Bonchev–Trinajstić information content (AvgIpc) is 2.52. The van der Waals surface area contributed by atoms with Gasteiger partial charge in [-0.05, 0) is 27.9 Å². The highest BCUT2D eigenvalue weighted by molar-refractivity contribution is 9.10. The van der Waals surface area contributed by atoms with Gasteiger partial charge in [0.05, 0.1) is 4.88 Å². The van der Waals surface area contributed by atoms with Gasteiger partial charge >= 0.3 is 0 Å². The van der Waals surface area contributed by atoms with Gasteiger partial charge in [0.25, 0.3) is 0 Å². The fraction of sp³-hybridized carbons (Fsp3) is 0.545. The normalized spacial score (nSPS) is 12.8. The van der Waals surface area contributed by atoms with E-state index in [-0.39, 0.29) is 5.78 Å². The minimum Gasteiger partial charge on any atom is -0.293 e. The molecule has 0 aliphatic carbocycles. The van der Waals surface area contributed by atoms with E-state index in [4.69, 9.17) is 0 Å². The summed E-state index contributed by atoms with van der Waals surface area (Å²) in [5.41, 5.74) is 0. The molecule has 0 saturated heterocycles. The Labute approximate surface area is 97.7 Å². The Hall–Kier alpha value is -0.150. The largest absolute Gasteiger partial charge is 0.293 e.